The Morgan fingerprint density at radius 1 is 1.64 bits per heavy atom. The highest BCUT2D eigenvalue weighted by molar-refractivity contribution is 7.99. The second kappa shape index (κ2) is 4.44. The van der Waals surface area contributed by atoms with Crippen molar-refractivity contribution >= 4 is 11.8 Å². The number of nitrogens with one attached hydrogen (secondary N) is 1. The molecule has 0 aromatic carbocycles. The summed E-state index contributed by atoms with van der Waals surface area (Å²) >= 11 is 1.98. The molecule has 1 aromatic heterocycles. The van der Waals surface area contributed by atoms with Gasteiger partial charge in [0.05, 0.1) is 6.54 Å². The minimum absolute atomic E-state index is 1.12. The van der Waals surface area contributed by atoms with Crippen LogP contribution in [0, 0.1) is 6.92 Å². The smallest absolute Gasteiger partial charge is 0.248 e. The van der Waals surface area contributed by atoms with Crippen molar-refractivity contribution < 1.29 is 4.57 Å². The topological polar surface area (TPSA) is 19.7 Å². The molecule has 0 amide bonds. The van der Waals surface area contributed by atoms with Crippen molar-refractivity contribution in [2.75, 3.05) is 11.5 Å². The van der Waals surface area contributed by atoms with Crippen LogP contribution in [0.25, 0.3) is 0 Å². The van der Waals surface area contributed by atoms with Crippen molar-refractivity contribution in [1.29, 1.82) is 0 Å². The number of nitrogens with zero attached hydrogens (tertiary/aromatic N) is 1. The van der Waals surface area contributed by atoms with E-state index in [0.29, 0.717) is 0 Å². The third kappa shape index (κ3) is 2.58. The quantitative estimate of drug-likeness (QED) is 0.535. The number of imidazole rings is 1. The fraction of sp³-hybridized carbons (Fsp3) is 0.625. The number of hydrogen-bond donors (Lipinski definition) is 1. The van der Waals surface area contributed by atoms with Crippen molar-refractivity contribution in [2.24, 2.45) is 0 Å². The summed E-state index contributed by atoms with van der Waals surface area (Å²) in [6.07, 6.45) is 4.07. The first-order chi connectivity index (χ1) is 5.34. The molecule has 0 saturated carbocycles. The molecule has 0 unspecified atom stereocenters. The van der Waals surface area contributed by atoms with Gasteiger partial charge < -0.3 is 0 Å². The van der Waals surface area contributed by atoms with Gasteiger partial charge in [-0.2, -0.15) is 11.8 Å². The number of aryl methyl sites for hydroxylation is 2. The first-order valence-electron chi connectivity index (χ1n) is 3.95. The van der Waals surface area contributed by atoms with Crippen molar-refractivity contribution in [3.63, 3.8) is 0 Å². The largest absolute Gasteiger partial charge is 0.251 e. The first-order valence-corrected chi connectivity index (χ1v) is 5.11. The van der Waals surface area contributed by atoms with E-state index in [4.69, 9.17) is 0 Å². The average molecular weight is 171 g/mol. The summed E-state index contributed by atoms with van der Waals surface area (Å²) in [4.78, 5) is 3.15. The molecule has 0 radical (unpaired) electrons. The number of H-pyrrole nitrogens is 1. The van der Waals surface area contributed by atoms with Gasteiger partial charge in [-0.15, -0.1) is 0 Å². The molecule has 1 heterocycles. The fourth-order valence-electron chi connectivity index (χ4n) is 0.992. The van der Waals surface area contributed by atoms with Crippen molar-refractivity contribution in [3.05, 3.63) is 18.2 Å². The lowest BCUT2D eigenvalue weighted by Gasteiger charge is -1.95. The van der Waals surface area contributed by atoms with Gasteiger partial charge >= 0.3 is 0 Å². The zero-order chi connectivity index (χ0) is 8.10. The Hall–Kier alpha value is -0.440. The van der Waals surface area contributed by atoms with E-state index in [9.17, 15) is 0 Å². The van der Waals surface area contributed by atoms with Crippen LogP contribution in [0.4, 0.5) is 0 Å². The van der Waals surface area contributed by atoms with E-state index >= 15 is 0 Å². The van der Waals surface area contributed by atoms with Gasteiger partial charge in [0, 0.05) is 12.7 Å². The SMILES string of the molecule is CCSCC[n+]1cc[nH]c1C. The summed E-state index contributed by atoms with van der Waals surface area (Å²) < 4.78 is 2.24. The first kappa shape index (κ1) is 8.65. The van der Waals surface area contributed by atoms with Crippen LogP contribution in [-0.4, -0.2) is 16.5 Å². The Kier molecular flexibility index (Phi) is 3.49. The normalized spacial score (nSPS) is 10.4. The molecular weight excluding hydrogens is 156 g/mol. The maximum atomic E-state index is 3.15. The molecular formula is C8H15N2S+. The molecule has 0 atom stereocenters. The number of hydrogen-bond acceptors (Lipinski definition) is 1. The molecule has 62 valence electrons. The lowest BCUT2D eigenvalue weighted by atomic mass is 10.6. The molecule has 0 aliphatic heterocycles. The van der Waals surface area contributed by atoms with Crippen LogP contribution in [-0.2, 0) is 6.54 Å². The molecule has 0 aliphatic carbocycles. The minimum Gasteiger partial charge on any atom is -0.248 e. The molecule has 11 heavy (non-hydrogen) atoms. The second-order valence-electron chi connectivity index (χ2n) is 2.44. The van der Waals surface area contributed by atoms with Crippen molar-refractivity contribution in [1.82, 2.24) is 4.98 Å². The molecule has 0 spiro atoms. The van der Waals surface area contributed by atoms with Gasteiger partial charge in [-0.3, -0.25) is 0 Å². The molecule has 0 fully saturated rings. The zero-order valence-corrected chi connectivity index (χ0v) is 7.95. The van der Waals surface area contributed by atoms with E-state index < -0.39 is 0 Å². The van der Waals surface area contributed by atoms with E-state index in [1.807, 2.05) is 18.0 Å². The summed E-state index contributed by atoms with van der Waals surface area (Å²) in [5.74, 6) is 3.66. The average Bonchev–Trinajstić information content (AvgIpc) is 2.37. The lowest BCUT2D eigenvalue weighted by molar-refractivity contribution is -0.697. The predicted molar refractivity (Wildman–Crippen MR) is 48.7 cm³/mol. The third-order valence-electron chi connectivity index (χ3n) is 1.66. The summed E-state index contributed by atoms with van der Waals surface area (Å²) in [5.41, 5.74) is 0. The van der Waals surface area contributed by atoms with Gasteiger partial charge in [0.1, 0.15) is 12.4 Å². The maximum absolute atomic E-state index is 3.15. The van der Waals surface area contributed by atoms with E-state index in [-0.39, 0.29) is 0 Å². The molecule has 1 rings (SSSR count). The van der Waals surface area contributed by atoms with E-state index in [2.05, 4.69) is 29.6 Å². The van der Waals surface area contributed by atoms with Gasteiger partial charge in [0.2, 0.25) is 0 Å². The van der Waals surface area contributed by atoms with Crippen LogP contribution in [0.3, 0.4) is 0 Å². The number of thioether (sulfide) groups is 1. The van der Waals surface area contributed by atoms with Gasteiger partial charge in [-0.05, 0) is 5.75 Å². The molecule has 2 nitrogen and oxygen atoms in total. The Balaban J connectivity index is 2.32. The summed E-state index contributed by atoms with van der Waals surface area (Å²) in [5, 5.41) is 0. The maximum Gasteiger partial charge on any atom is 0.251 e. The van der Waals surface area contributed by atoms with Crippen LogP contribution in [0.5, 0.6) is 0 Å². The standard InChI is InChI=1S/C8H14N2S/c1-3-11-7-6-10-5-4-9-8(10)2/h4-5H,3,6-7H2,1-2H3/p+1. The lowest BCUT2D eigenvalue weighted by Crippen LogP contribution is -2.35. The number of aromatic amines is 1. The van der Waals surface area contributed by atoms with Crippen LogP contribution >= 0.6 is 11.8 Å². The highest BCUT2D eigenvalue weighted by Crippen LogP contribution is 1.96. The van der Waals surface area contributed by atoms with Crippen molar-refractivity contribution in [3.8, 4) is 0 Å². The molecule has 1 N–H and O–H groups in total. The summed E-state index contributed by atoms with van der Waals surface area (Å²) in [6, 6.07) is 0. The fourth-order valence-corrected chi connectivity index (χ4v) is 1.61. The molecule has 1 aromatic rings. The number of aromatic nitrogens is 2. The molecule has 0 aliphatic rings. The van der Waals surface area contributed by atoms with Crippen LogP contribution in [0.15, 0.2) is 12.4 Å². The predicted octanol–water partition coefficient (Wildman–Crippen LogP) is 1.36. The Labute approximate surface area is 72.0 Å². The highest BCUT2D eigenvalue weighted by Gasteiger charge is 2.02. The van der Waals surface area contributed by atoms with E-state index in [0.717, 1.165) is 6.54 Å². The highest BCUT2D eigenvalue weighted by atomic mass is 32.2. The van der Waals surface area contributed by atoms with Gasteiger partial charge in [-0.25, -0.2) is 9.55 Å². The zero-order valence-electron chi connectivity index (χ0n) is 7.13. The summed E-state index contributed by atoms with van der Waals surface area (Å²) in [6.45, 7) is 5.41. The molecule has 3 heteroatoms. The van der Waals surface area contributed by atoms with Gasteiger partial charge in [0.25, 0.3) is 5.82 Å². The Morgan fingerprint density at radius 2 is 2.45 bits per heavy atom. The number of rotatable bonds is 4. The van der Waals surface area contributed by atoms with E-state index in [1.165, 1.54) is 17.3 Å². The van der Waals surface area contributed by atoms with Crippen LogP contribution in [0.2, 0.25) is 0 Å². The van der Waals surface area contributed by atoms with E-state index in [1.54, 1.807) is 0 Å². The Bertz CT molecular complexity index is 208. The Morgan fingerprint density at radius 3 is 3.00 bits per heavy atom. The van der Waals surface area contributed by atoms with Gasteiger partial charge in [-0.1, -0.05) is 6.92 Å². The third-order valence-corrected chi connectivity index (χ3v) is 2.54. The van der Waals surface area contributed by atoms with Crippen LogP contribution < -0.4 is 4.57 Å². The minimum atomic E-state index is 1.12. The van der Waals surface area contributed by atoms with Gasteiger partial charge in [0.15, 0.2) is 0 Å². The second-order valence-corrected chi connectivity index (χ2v) is 3.83. The van der Waals surface area contributed by atoms with Crippen LogP contribution in [0.1, 0.15) is 12.7 Å². The monoisotopic (exact) mass is 171 g/mol. The molecule has 0 saturated heterocycles. The van der Waals surface area contributed by atoms with Crippen molar-refractivity contribution in [2.45, 2.75) is 20.4 Å². The molecule has 0 bridgehead atoms. The summed E-state index contributed by atoms with van der Waals surface area (Å²) in [7, 11) is 0.